The van der Waals surface area contributed by atoms with Crippen molar-refractivity contribution in [2.75, 3.05) is 11.4 Å². The Morgan fingerprint density at radius 2 is 1.91 bits per heavy atom. The van der Waals surface area contributed by atoms with Crippen molar-refractivity contribution in [1.82, 2.24) is 4.98 Å². The molecule has 1 heterocycles. The van der Waals surface area contributed by atoms with Gasteiger partial charge in [0.25, 0.3) is 5.56 Å². The Hall–Kier alpha value is -2.20. The maximum atomic E-state index is 12.3. The Bertz CT molecular complexity index is 901. The zero-order valence-electron chi connectivity index (χ0n) is 13.7. The quantitative estimate of drug-likeness (QED) is 0.690. The molecule has 0 amide bonds. The highest BCUT2D eigenvalue weighted by Crippen LogP contribution is 2.32. The summed E-state index contributed by atoms with van der Waals surface area (Å²) in [4.78, 5) is 18.9. The van der Waals surface area contributed by atoms with Gasteiger partial charge in [-0.15, -0.1) is 0 Å². The molecule has 23 heavy (non-hydrogen) atoms. The van der Waals surface area contributed by atoms with Crippen molar-refractivity contribution in [3.63, 3.8) is 0 Å². The minimum absolute atomic E-state index is 0.153. The minimum atomic E-state index is -0.153. The van der Waals surface area contributed by atoms with Crippen LogP contribution in [0.4, 0.5) is 10.8 Å². The highest BCUT2D eigenvalue weighted by atomic mass is 32.1. The summed E-state index contributed by atoms with van der Waals surface area (Å²) in [7, 11) is 0. The van der Waals surface area contributed by atoms with E-state index >= 15 is 0 Å². The maximum Gasteiger partial charge on any atom is 0.281 e. The van der Waals surface area contributed by atoms with Gasteiger partial charge in [-0.1, -0.05) is 48.1 Å². The van der Waals surface area contributed by atoms with Crippen molar-refractivity contribution in [1.29, 1.82) is 0 Å². The molecule has 2 aromatic carbocycles. The molecule has 0 bridgehead atoms. The van der Waals surface area contributed by atoms with Gasteiger partial charge < -0.3 is 4.90 Å². The predicted molar refractivity (Wildman–Crippen MR) is 99.1 cm³/mol. The lowest BCUT2D eigenvalue weighted by Gasteiger charge is -2.24. The summed E-state index contributed by atoms with van der Waals surface area (Å²) in [5.74, 6) is 0. The summed E-state index contributed by atoms with van der Waals surface area (Å²) in [5.41, 5.74) is 3.41. The lowest BCUT2D eigenvalue weighted by atomic mass is 10.1. The Balaban J connectivity index is 2.16. The van der Waals surface area contributed by atoms with Crippen LogP contribution in [-0.4, -0.2) is 11.5 Å². The number of fused-ring (bicyclic) bond motifs is 1. The Morgan fingerprint density at radius 3 is 2.65 bits per heavy atom. The minimum Gasteiger partial charge on any atom is -0.317 e. The van der Waals surface area contributed by atoms with Crippen molar-refractivity contribution in [3.05, 3.63) is 63.9 Å². The molecule has 0 saturated carbocycles. The third-order valence-electron chi connectivity index (χ3n) is 3.84. The lowest BCUT2D eigenvalue weighted by molar-refractivity contribution is 0.875. The summed E-state index contributed by atoms with van der Waals surface area (Å²) < 4.78 is 0.980. The third-order valence-corrected chi connectivity index (χ3v) is 4.91. The fourth-order valence-corrected chi connectivity index (χ4v) is 3.80. The van der Waals surface area contributed by atoms with Gasteiger partial charge in [0, 0.05) is 16.9 Å². The molecule has 1 aromatic heterocycles. The van der Waals surface area contributed by atoms with E-state index in [-0.39, 0.29) is 5.56 Å². The van der Waals surface area contributed by atoms with Crippen molar-refractivity contribution >= 4 is 32.2 Å². The number of hydrogen-bond acceptors (Lipinski definition) is 4. The van der Waals surface area contributed by atoms with Gasteiger partial charge in [-0.3, -0.25) is 4.79 Å². The number of anilines is 2. The summed E-state index contributed by atoms with van der Waals surface area (Å²) in [6.07, 6.45) is 0.989. The van der Waals surface area contributed by atoms with Crippen LogP contribution in [0.5, 0.6) is 0 Å². The smallest absolute Gasteiger partial charge is 0.281 e. The van der Waals surface area contributed by atoms with E-state index in [2.05, 4.69) is 48.9 Å². The second-order valence-electron chi connectivity index (χ2n) is 5.74. The van der Waals surface area contributed by atoms with E-state index in [1.807, 2.05) is 24.3 Å². The molecule has 0 unspecified atom stereocenters. The first-order valence-corrected chi connectivity index (χ1v) is 8.66. The SMILES string of the molecule is CCCN(c1nc(=O)c2ccccc2s1)c1ccc(C)cc1C. The predicted octanol–water partition coefficient (Wildman–Crippen LogP) is 4.82. The van der Waals surface area contributed by atoms with Crippen molar-refractivity contribution < 1.29 is 0 Å². The summed E-state index contributed by atoms with van der Waals surface area (Å²) in [6.45, 7) is 7.17. The molecule has 0 radical (unpaired) electrons. The second kappa shape index (κ2) is 6.50. The molecule has 0 aliphatic heterocycles. The molecule has 0 spiro atoms. The number of rotatable bonds is 4. The average Bonchev–Trinajstić information content (AvgIpc) is 2.53. The van der Waals surface area contributed by atoms with Crippen LogP contribution in [0.25, 0.3) is 10.1 Å². The topological polar surface area (TPSA) is 33.2 Å². The van der Waals surface area contributed by atoms with Crippen LogP contribution in [0.2, 0.25) is 0 Å². The molecule has 118 valence electrons. The van der Waals surface area contributed by atoms with E-state index in [1.165, 1.54) is 11.1 Å². The van der Waals surface area contributed by atoms with E-state index in [9.17, 15) is 4.79 Å². The summed E-state index contributed by atoms with van der Waals surface area (Å²) >= 11 is 1.57. The Morgan fingerprint density at radius 1 is 1.13 bits per heavy atom. The van der Waals surface area contributed by atoms with Crippen molar-refractivity contribution in [2.24, 2.45) is 0 Å². The zero-order valence-corrected chi connectivity index (χ0v) is 14.5. The highest BCUT2D eigenvalue weighted by Gasteiger charge is 2.15. The van der Waals surface area contributed by atoms with Crippen LogP contribution in [0.1, 0.15) is 24.5 Å². The Kier molecular flexibility index (Phi) is 4.44. The molecule has 0 aliphatic rings. The molecule has 3 aromatic rings. The third kappa shape index (κ3) is 3.13. The lowest BCUT2D eigenvalue weighted by Crippen LogP contribution is -2.22. The highest BCUT2D eigenvalue weighted by molar-refractivity contribution is 7.21. The number of aryl methyl sites for hydroxylation is 2. The van der Waals surface area contributed by atoms with Crippen molar-refractivity contribution in [2.45, 2.75) is 27.2 Å². The van der Waals surface area contributed by atoms with E-state index in [4.69, 9.17) is 0 Å². The Labute approximate surface area is 140 Å². The molecule has 0 atom stereocenters. The largest absolute Gasteiger partial charge is 0.317 e. The molecule has 0 saturated heterocycles. The van der Waals surface area contributed by atoms with Crippen LogP contribution in [0.15, 0.2) is 47.3 Å². The van der Waals surface area contributed by atoms with E-state index in [0.29, 0.717) is 5.39 Å². The molecule has 0 aliphatic carbocycles. The summed E-state index contributed by atoms with van der Waals surface area (Å²) in [6, 6.07) is 14.1. The average molecular weight is 324 g/mol. The van der Waals surface area contributed by atoms with Gasteiger partial charge >= 0.3 is 0 Å². The van der Waals surface area contributed by atoms with Gasteiger partial charge in [0.1, 0.15) is 0 Å². The molecule has 4 heteroatoms. The van der Waals surface area contributed by atoms with E-state index in [1.54, 1.807) is 11.3 Å². The normalized spacial score (nSPS) is 10.9. The van der Waals surface area contributed by atoms with E-state index in [0.717, 1.165) is 28.5 Å². The fraction of sp³-hybridized carbons (Fsp3) is 0.263. The first-order chi connectivity index (χ1) is 11.1. The molecule has 3 nitrogen and oxygen atoms in total. The molecule has 3 rings (SSSR count). The van der Waals surface area contributed by atoms with Gasteiger partial charge in [0.15, 0.2) is 5.13 Å². The van der Waals surface area contributed by atoms with Crippen LogP contribution in [0, 0.1) is 13.8 Å². The first kappa shape index (κ1) is 15.7. The molecule has 0 fully saturated rings. The van der Waals surface area contributed by atoms with Crippen LogP contribution >= 0.6 is 11.3 Å². The van der Waals surface area contributed by atoms with Gasteiger partial charge in [-0.2, -0.15) is 4.98 Å². The molecular formula is C19H20N2OS. The summed E-state index contributed by atoms with van der Waals surface area (Å²) in [5, 5.41) is 1.46. The van der Waals surface area contributed by atoms with Gasteiger partial charge in [0.05, 0.1) is 5.39 Å². The van der Waals surface area contributed by atoms with Gasteiger partial charge in [-0.05, 0) is 44.0 Å². The van der Waals surface area contributed by atoms with Crippen molar-refractivity contribution in [3.8, 4) is 0 Å². The maximum absolute atomic E-state index is 12.3. The van der Waals surface area contributed by atoms with Gasteiger partial charge in [0.2, 0.25) is 0 Å². The van der Waals surface area contributed by atoms with Crippen LogP contribution < -0.4 is 10.5 Å². The van der Waals surface area contributed by atoms with Gasteiger partial charge in [-0.25, -0.2) is 0 Å². The molecule has 0 N–H and O–H groups in total. The van der Waals surface area contributed by atoms with E-state index < -0.39 is 0 Å². The van der Waals surface area contributed by atoms with Crippen LogP contribution in [0.3, 0.4) is 0 Å². The number of aromatic nitrogens is 1. The fourth-order valence-electron chi connectivity index (χ4n) is 2.77. The second-order valence-corrected chi connectivity index (χ2v) is 6.75. The number of hydrogen-bond donors (Lipinski definition) is 0. The zero-order chi connectivity index (χ0) is 16.4. The molecular weight excluding hydrogens is 304 g/mol. The standard InChI is InChI=1S/C19H20N2OS/c1-4-11-21(16-10-9-13(2)12-14(16)3)19-20-18(22)15-7-5-6-8-17(15)23-19/h5-10,12H,4,11H2,1-3H3. The monoisotopic (exact) mass is 324 g/mol. The van der Waals surface area contributed by atoms with Crippen LogP contribution in [-0.2, 0) is 0 Å². The first-order valence-electron chi connectivity index (χ1n) is 7.85. The number of benzene rings is 2. The number of nitrogens with zero attached hydrogens (tertiary/aromatic N) is 2.